The van der Waals surface area contributed by atoms with Crippen LogP contribution in [0, 0.1) is 11.8 Å². The van der Waals surface area contributed by atoms with E-state index < -0.39 is 0 Å². The molecule has 2 N–H and O–H groups in total. The molecule has 0 aromatic carbocycles. The van der Waals surface area contributed by atoms with E-state index in [9.17, 15) is 9.70 Å². The Labute approximate surface area is 128 Å². The summed E-state index contributed by atoms with van der Waals surface area (Å²) in [5, 5.41) is 8.75. The molecule has 0 fully saturated rings. The van der Waals surface area contributed by atoms with Crippen LogP contribution in [0.1, 0.15) is 5.82 Å². The Morgan fingerprint density at radius 1 is 1.41 bits per heavy atom. The van der Waals surface area contributed by atoms with Gasteiger partial charge in [-0.1, -0.05) is 5.18 Å². The van der Waals surface area contributed by atoms with Crippen molar-refractivity contribution in [1.29, 1.82) is 0 Å². The minimum Gasteiger partial charge on any atom is -0.360 e. The van der Waals surface area contributed by atoms with Gasteiger partial charge < -0.3 is 10.3 Å². The lowest BCUT2D eigenvalue weighted by molar-refractivity contribution is 1.01. The Morgan fingerprint density at radius 3 is 3.09 bits per heavy atom. The van der Waals surface area contributed by atoms with E-state index in [2.05, 4.69) is 30.4 Å². The summed E-state index contributed by atoms with van der Waals surface area (Å²) in [6, 6.07) is 1.63. The Balaban J connectivity index is 2.03. The number of nitroso groups, excluding NO2 is 1. The second kappa shape index (κ2) is 5.98. The van der Waals surface area contributed by atoms with Crippen molar-refractivity contribution in [3.8, 4) is 11.4 Å². The van der Waals surface area contributed by atoms with Crippen molar-refractivity contribution in [2.75, 3.05) is 18.4 Å². The van der Waals surface area contributed by atoms with Crippen molar-refractivity contribution < 1.29 is 0 Å². The number of nitrogens with zero attached hydrogens (tertiary/aromatic N) is 4. The van der Waals surface area contributed by atoms with E-state index in [0.717, 1.165) is 0 Å². The lowest BCUT2D eigenvalue weighted by Gasteiger charge is -2.03. The molecule has 0 aliphatic heterocycles. The zero-order valence-electron chi connectivity index (χ0n) is 11.7. The fourth-order valence-corrected chi connectivity index (χ4v) is 2.76. The van der Waals surface area contributed by atoms with Gasteiger partial charge in [-0.2, -0.15) is 4.91 Å². The summed E-state index contributed by atoms with van der Waals surface area (Å²) in [6.07, 6.45) is 1.56. The predicted octanol–water partition coefficient (Wildman–Crippen LogP) is 1.93. The maximum atomic E-state index is 12.0. The lowest BCUT2D eigenvalue weighted by atomic mass is 10.2. The Bertz CT molecular complexity index is 888. The smallest absolute Gasteiger partial charge is 0.258 e. The van der Waals surface area contributed by atoms with Crippen LogP contribution in [0.15, 0.2) is 27.6 Å². The number of thiazole rings is 1. The van der Waals surface area contributed by atoms with Crippen LogP contribution >= 0.6 is 11.3 Å². The van der Waals surface area contributed by atoms with Gasteiger partial charge in [-0.25, -0.2) is 9.97 Å². The van der Waals surface area contributed by atoms with Gasteiger partial charge in [0.15, 0.2) is 5.13 Å². The molecule has 112 valence electrons. The molecule has 3 aromatic rings. The maximum Gasteiger partial charge on any atom is 0.258 e. The van der Waals surface area contributed by atoms with Gasteiger partial charge in [0.2, 0.25) is 0 Å². The van der Waals surface area contributed by atoms with E-state index in [1.165, 1.54) is 11.3 Å². The summed E-state index contributed by atoms with van der Waals surface area (Å²) in [6.45, 7) is 2.33. The number of H-pyrrole nitrogens is 1. The van der Waals surface area contributed by atoms with Gasteiger partial charge >= 0.3 is 0 Å². The molecule has 0 aliphatic carbocycles. The third-order valence-corrected chi connectivity index (χ3v) is 3.77. The number of fused-ring (bicyclic) bond motifs is 1. The average Bonchev–Trinajstić information content (AvgIpc) is 2.95. The summed E-state index contributed by atoms with van der Waals surface area (Å²) in [5.41, 5.74) is 1.52. The highest BCUT2D eigenvalue weighted by Crippen LogP contribution is 2.27. The first kappa shape index (κ1) is 14.3. The van der Waals surface area contributed by atoms with Crippen molar-refractivity contribution in [1.82, 2.24) is 19.9 Å². The highest BCUT2D eigenvalue weighted by molar-refractivity contribution is 7.14. The second-order valence-corrected chi connectivity index (χ2v) is 5.38. The third kappa shape index (κ3) is 2.70. The maximum absolute atomic E-state index is 12.0. The van der Waals surface area contributed by atoms with Crippen molar-refractivity contribution in [2.24, 2.45) is 5.18 Å². The zero-order chi connectivity index (χ0) is 15.5. The topological polar surface area (TPSA) is 113 Å². The molecular formula is C13H12N6O2S. The molecule has 0 aliphatic rings. The number of hydrogen-bond donors (Lipinski definition) is 2. The molecular weight excluding hydrogens is 304 g/mol. The minimum absolute atomic E-state index is 0.178. The monoisotopic (exact) mass is 316 g/mol. The summed E-state index contributed by atoms with van der Waals surface area (Å²) in [4.78, 5) is 37.8. The van der Waals surface area contributed by atoms with E-state index >= 15 is 0 Å². The van der Waals surface area contributed by atoms with Crippen molar-refractivity contribution >= 4 is 27.4 Å². The van der Waals surface area contributed by atoms with Gasteiger partial charge in [0.05, 0.1) is 11.9 Å². The summed E-state index contributed by atoms with van der Waals surface area (Å²) >= 11 is 1.39. The molecule has 0 radical (unpaired) electrons. The normalized spacial score (nSPS) is 10.8. The van der Waals surface area contributed by atoms with Gasteiger partial charge in [0.1, 0.15) is 22.7 Å². The molecule has 3 aromatic heterocycles. The minimum atomic E-state index is -0.197. The van der Waals surface area contributed by atoms with Crippen LogP contribution in [0.5, 0.6) is 0 Å². The summed E-state index contributed by atoms with van der Waals surface area (Å²) in [7, 11) is 0. The summed E-state index contributed by atoms with van der Waals surface area (Å²) < 4.78 is 0. The number of aryl methyl sites for hydroxylation is 1. The van der Waals surface area contributed by atoms with Crippen LogP contribution in [0.25, 0.3) is 22.3 Å². The first-order valence-electron chi connectivity index (χ1n) is 6.53. The highest BCUT2D eigenvalue weighted by atomic mass is 32.1. The number of aromatic amines is 1. The molecule has 3 heterocycles. The third-order valence-electron chi connectivity index (χ3n) is 2.97. The standard InChI is InChI=1S/C13H12N6O2S/c1-7-17-10-8(12(20)18-7)2-3-14-11(10)9-6-22-13(19-9)15-4-5-16-21/h2-3,6H,4-5H2,1H3,(H,15,19)(H,17,18,20). The SMILES string of the molecule is Cc1nc2c(-c3csc(NCCN=O)n3)nccc2c(=O)[nH]1. The van der Waals surface area contributed by atoms with Gasteiger partial charge in [-0.3, -0.25) is 9.78 Å². The van der Waals surface area contributed by atoms with E-state index in [-0.39, 0.29) is 12.1 Å². The molecule has 0 spiro atoms. The first-order valence-corrected chi connectivity index (χ1v) is 7.41. The van der Waals surface area contributed by atoms with E-state index in [0.29, 0.717) is 39.8 Å². The lowest BCUT2D eigenvalue weighted by Crippen LogP contribution is -2.10. The quantitative estimate of drug-likeness (QED) is 0.549. The fourth-order valence-electron chi connectivity index (χ4n) is 2.04. The zero-order valence-corrected chi connectivity index (χ0v) is 12.5. The number of aromatic nitrogens is 4. The summed E-state index contributed by atoms with van der Waals surface area (Å²) in [5.74, 6) is 0.525. The first-order chi connectivity index (χ1) is 10.7. The van der Waals surface area contributed by atoms with Crippen LogP contribution in [0.2, 0.25) is 0 Å². The van der Waals surface area contributed by atoms with E-state index in [4.69, 9.17) is 0 Å². The van der Waals surface area contributed by atoms with Crippen LogP contribution in [0.3, 0.4) is 0 Å². The molecule has 0 bridgehead atoms. The molecule has 22 heavy (non-hydrogen) atoms. The Hall–Kier alpha value is -2.68. The van der Waals surface area contributed by atoms with Gasteiger partial charge in [-0.05, 0) is 13.0 Å². The molecule has 8 nitrogen and oxygen atoms in total. The average molecular weight is 316 g/mol. The van der Waals surface area contributed by atoms with Crippen LogP contribution in [-0.2, 0) is 0 Å². The highest BCUT2D eigenvalue weighted by Gasteiger charge is 2.13. The van der Waals surface area contributed by atoms with Crippen LogP contribution in [-0.4, -0.2) is 33.0 Å². The molecule has 0 atom stereocenters. The number of hydrogen-bond acceptors (Lipinski definition) is 8. The number of pyridine rings is 1. The molecule has 3 rings (SSSR count). The molecule has 0 unspecified atom stereocenters. The van der Waals surface area contributed by atoms with Crippen LogP contribution < -0.4 is 10.9 Å². The Kier molecular flexibility index (Phi) is 3.88. The number of nitrogens with one attached hydrogen (secondary N) is 2. The second-order valence-electron chi connectivity index (χ2n) is 4.52. The molecule has 0 saturated carbocycles. The predicted molar refractivity (Wildman–Crippen MR) is 85.2 cm³/mol. The van der Waals surface area contributed by atoms with Crippen molar-refractivity contribution in [2.45, 2.75) is 6.92 Å². The molecule has 0 saturated heterocycles. The van der Waals surface area contributed by atoms with Gasteiger partial charge in [0, 0.05) is 18.1 Å². The number of rotatable bonds is 5. The van der Waals surface area contributed by atoms with Crippen LogP contribution in [0.4, 0.5) is 5.13 Å². The van der Waals surface area contributed by atoms with Gasteiger partial charge in [0.25, 0.3) is 5.56 Å². The Morgan fingerprint density at radius 2 is 2.27 bits per heavy atom. The molecule has 0 amide bonds. The fraction of sp³-hybridized carbons (Fsp3) is 0.231. The van der Waals surface area contributed by atoms with Crippen molar-refractivity contribution in [3.63, 3.8) is 0 Å². The van der Waals surface area contributed by atoms with Crippen molar-refractivity contribution in [3.05, 3.63) is 38.7 Å². The number of anilines is 1. The van der Waals surface area contributed by atoms with E-state index in [1.54, 1.807) is 19.2 Å². The largest absolute Gasteiger partial charge is 0.360 e. The van der Waals surface area contributed by atoms with E-state index in [1.807, 2.05) is 5.38 Å². The van der Waals surface area contributed by atoms with Gasteiger partial charge in [-0.15, -0.1) is 11.3 Å². The molecule has 9 heteroatoms.